The lowest BCUT2D eigenvalue weighted by Crippen LogP contribution is -2.37. The Balaban J connectivity index is 1.65. The molecule has 0 saturated carbocycles. The monoisotopic (exact) mass is 420 g/mol. The van der Waals surface area contributed by atoms with Gasteiger partial charge in [0, 0.05) is 38.5 Å². The third-order valence-corrected chi connectivity index (χ3v) is 5.33. The van der Waals surface area contributed by atoms with Crippen LogP contribution in [0.5, 0.6) is 0 Å². The number of furan rings is 1. The van der Waals surface area contributed by atoms with Gasteiger partial charge in [-0.1, -0.05) is 25.6 Å². The maximum absolute atomic E-state index is 12.0. The number of methoxy groups -OCH3 is 1. The summed E-state index contributed by atoms with van der Waals surface area (Å²) < 4.78 is 16.0. The van der Waals surface area contributed by atoms with Crippen LogP contribution in [0.2, 0.25) is 0 Å². The predicted molar refractivity (Wildman–Crippen MR) is 112 cm³/mol. The molecule has 1 aliphatic rings. The number of nitrogens with one attached hydrogen (secondary N) is 1. The summed E-state index contributed by atoms with van der Waals surface area (Å²) in [4.78, 5) is 23.7. The van der Waals surface area contributed by atoms with Gasteiger partial charge in [0.05, 0.1) is 25.6 Å². The second-order valence-electron chi connectivity index (χ2n) is 6.99. The summed E-state index contributed by atoms with van der Waals surface area (Å²) in [6, 6.07) is 5.56. The maximum atomic E-state index is 12.0. The first-order chi connectivity index (χ1) is 14.1. The maximum Gasteiger partial charge on any atom is 0.287 e. The quantitative estimate of drug-likeness (QED) is 0.376. The Morgan fingerprint density at radius 3 is 2.83 bits per heavy atom. The zero-order valence-corrected chi connectivity index (χ0v) is 18.0. The molecular weight excluding hydrogens is 392 g/mol. The minimum atomic E-state index is -0.244. The molecule has 0 bridgehead atoms. The van der Waals surface area contributed by atoms with Crippen LogP contribution in [0.25, 0.3) is 0 Å². The Labute approximate surface area is 175 Å². The molecule has 0 aliphatic carbocycles. The van der Waals surface area contributed by atoms with E-state index in [1.165, 1.54) is 11.8 Å². The number of nitrogens with zero attached hydrogens (tertiary/aromatic N) is 3. The fourth-order valence-corrected chi connectivity index (χ4v) is 3.57. The number of carbonyl (C=O) groups is 1. The van der Waals surface area contributed by atoms with Gasteiger partial charge >= 0.3 is 0 Å². The van der Waals surface area contributed by atoms with Crippen molar-refractivity contribution >= 4 is 23.5 Å². The van der Waals surface area contributed by atoms with Crippen LogP contribution in [0.1, 0.15) is 41.8 Å². The lowest BCUT2D eigenvalue weighted by atomic mass is 10.1. The molecule has 1 saturated heterocycles. The van der Waals surface area contributed by atoms with E-state index in [1.54, 1.807) is 13.2 Å². The second-order valence-corrected chi connectivity index (χ2v) is 7.93. The summed E-state index contributed by atoms with van der Waals surface area (Å²) in [7, 11) is 1.59. The van der Waals surface area contributed by atoms with Crippen LogP contribution in [0, 0.1) is 0 Å². The Morgan fingerprint density at radius 2 is 2.10 bits per heavy atom. The van der Waals surface area contributed by atoms with Crippen LogP contribution in [0.3, 0.4) is 0 Å². The highest BCUT2D eigenvalue weighted by Gasteiger charge is 2.17. The van der Waals surface area contributed by atoms with Gasteiger partial charge in [-0.25, -0.2) is 9.97 Å². The van der Waals surface area contributed by atoms with Gasteiger partial charge in [-0.15, -0.1) is 0 Å². The normalized spacial score (nSPS) is 14.4. The lowest BCUT2D eigenvalue weighted by Gasteiger charge is -2.28. The van der Waals surface area contributed by atoms with Crippen molar-refractivity contribution in [2.75, 3.05) is 51.5 Å². The minimum Gasteiger partial charge on any atom is -0.455 e. The first-order valence-corrected chi connectivity index (χ1v) is 10.8. The number of rotatable bonds is 9. The Hall–Kier alpha value is -2.10. The van der Waals surface area contributed by atoms with Gasteiger partial charge in [-0.3, -0.25) is 4.79 Å². The third kappa shape index (κ3) is 6.19. The van der Waals surface area contributed by atoms with Crippen LogP contribution < -0.4 is 10.2 Å². The number of amides is 1. The van der Waals surface area contributed by atoms with E-state index in [0.717, 1.165) is 24.6 Å². The number of hydrogen-bond donors (Lipinski definition) is 1. The van der Waals surface area contributed by atoms with E-state index in [1.807, 2.05) is 6.07 Å². The molecule has 1 amide bonds. The average Bonchev–Trinajstić information content (AvgIpc) is 3.22. The van der Waals surface area contributed by atoms with E-state index >= 15 is 0 Å². The molecular formula is C20H28N4O4S. The summed E-state index contributed by atoms with van der Waals surface area (Å²) in [5.41, 5.74) is 1.02. The molecule has 8 nitrogen and oxygen atoms in total. The number of ether oxygens (including phenoxy) is 2. The average molecular weight is 421 g/mol. The molecule has 2 aromatic heterocycles. The number of carbonyl (C=O) groups excluding carboxylic acids is 1. The smallest absolute Gasteiger partial charge is 0.287 e. The van der Waals surface area contributed by atoms with Crippen LogP contribution in [-0.4, -0.2) is 62.4 Å². The molecule has 1 fully saturated rings. The molecule has 0 unspecified atom stereocenters. The highest BCUT2D eigenvalue weighted by atomic mass is 32.2. The number of hydrogen-bond acceptors (Lipinski definition) is 8. The van der Waals surface area contributed by atoms with Crippen molar-refractivity contribution in [2.45, 2.75) is 30.7 Å². The van der Waals surface area contributed by atoms with Gasteiger partial charge in [0.15, 0.2) is 10.9 Å². The SMILES string of the molecule is COCCNC(=O)c1ccc(CSc2nc(C(C)C)cc(N3CCOCC3)n2)o1. The topological polar surface area (TPSA) is 89.7 Å². The molecule has 2 aromatic rings. The van der Waals surface area contributed by atoms with Gasteiger partial charge in [-0.05, 0) is 18.1 Å². The summed E-state index contributed by atoms with van der Waals surface area (Å²) in [6.07, 6.45) is 0. The second kappa shape index (κ2) is 10.6. The molecule has 158 valence electrons. The summed E-state index contributed by atoms with van der Waals surface area (Å²) in [5.74, 6) is 2.55. The number of anilines is 1. The van der Waals surface area contributed by atoms with Crippen LogP contribution >= 0.6 is 11.8 Å². The third-order valence-electron chi connectivity index (χ3n) is 4.46. The van der Waals surface area contributed by atoms with Gasteiger partial charge in [0.1, 0.15) is 11.6 Å². The largest absolute Gasteiger partial charge is 0.455 e. The molecule has 0 atom stereocenters. The molecule has 29 heavy (non-hydrogen) atoms. The summed E-state index contributed by atoms with van der Waals surface area (Å²) in [5, 5.41) is 3.45. The molecule has 0 spiro atoms. The van der Waals surface area contributed by atoms with Crippen molar-refractivity contribution in [3.05, 3.63) is 35.4 Å². The molecule has 3 rings (SSSR count). The fourth-order valence-electron chi connectivity index (χ4n) is 2.81. The van der Waals surface area contributed by atoms with E-state index in [0.29, 0.717) is 54.7 Å². The van der Waals surface area contributed by atoms with Crippen LogP contribution in [0.4, 0.5) is 5.82 Å². The van der Waals surface area contributed by atoms with Crippen molar-refractivity contribution in [3.63, 3.8) is 0 Å². The highest BCUT2D eigenvalue weighted by molar-refractivity contribution is 7.98. The minimum absolute atomic E-state index is 0.244. The first-order valence-electron chi connectivity index (χ1n) is 9.77. The molecule has 0 radical (unpaired) electrons. The van der Waals surface area contributed by atoms with Crippen LogP contribution in [-0.2, 0) is 15.2 Å². The zero-order chi connectivity index (χ0) is 20.6. The Bertz CT molecular complexity index is 806. The van der Waals surface area contributed by atoms with Crippen molar-refractivity contribution in [1.82, 2.24) is 15.3 Å². The van der Waals surface area contributed by atoms with Crippen molar-refractivity contribution in [2.24, 2.45) is 0 Å². The number of morpholine rings is 1. The van der Waals surface area contributed by atoms with Gasteiger partial charge in [0.25, 0.3) is 5.91 Å². The molecule has 1 N–H and O–H groups in total. The number of thioether (sulfide) groups is 1. The van der Waals surface area contributed by atoms with Crippen molar-refractivity contribution in [1.29, 1.82) is 0 Å². The Morgan fingerprint density at radius 1 is 1.31 bits per heavy atom. The molecule has 3 heterocycles. The lowest BCUT2D eigenvalue weighted by molar-refractivity contribution is 0.0908. The van der Waals surface area contributed by atoms with E-state index in [4.69, 9.17) is 23.9 Å². The van der Waals surface area contributed by atoms with E-state index in [9.17, 15) is 4.79 Å². The fraction of sp³-hybridized carbons (Fsp3) is 0.550. The van der Waals surface area contributed by atoms with Crippen LogP contribution in [0.15, 0.2) is 27.8 Å². The van der Waals surface area contributed by atoms with Crippen molar-refractivity contribution < 1.29 is 18.7 Å². The van der Waals surface area contributed by atoms with Crippen molar-refractivity contribution in [3.8, 4) is 0 Å². The van der Waals surface area contributed by atoms with Gasteiger partial charge < -0.3 is 24.1 Å². The summed E-state index contributed by atoms with van der Waals surface area (Å²) >= 11 is 1.50. The highest BCUT2D eigenvalue weighted by Crippen LogP contribution is 2.26. The first kappa shape index (κ1) is 21.6. The number of aromatic nitrogens is 2. The molecule has 9 heteroatoms. The van der Waals surface area contributed by atoms with Gasteiger partial charge in [0.2, 0.25) is 0 Å². The van der Waals surface area contributed by atoms with E-state index in [-0.39, 0.29) is 5.91 Å². The Kier molecular flexibility index (Phi) is 7.91. The predicted octanol–water partition coefficient (Wildman–Crippen LogP) is 2.70. The van der Waals surface area contributed by atoms with E-state index < -0.39 is 0 Å². The summed E-state index contributed by atoms with van der Waals surface area (Å²) in [6.45, 7) is 8.25. The van der Waals surface area contributed by atoms with Gasteiger partial charge in [-0.2, -0.15) is 0 Å². The van der Waals surface area contributed by atoms with E-state index in [2.05, 4.69) is 30.1 Å². The zero-order valence-electron chi connectivity index (χ0n) is 17.1. The molecule has 1 aliphatic heterocycles. The molecule has 0 aromatic carbocycles. The standard InChI is InChI=1S/C20H28N4O4S/c1-14(2)16-12-18(24-7-10-27-11-8-24)23-20(22-16)29-13-15-4-5-17(28-15)19(25)21-6-9-26-3/h4-5,12,14H,6-11,13H2,1-3H3,(H,21,25).